The largest absolute Gasteiger partial charge is 0.490 e. The summed E-state index contributed by atoms with van der Waals surface area (Å²) in [5.74, 6) is -3.09. The van der Waals surface area contributed by atoms with E-state index in [0.717, 1.165) is 10.9 Å². The summed E-state index contributed by atoms with van der Waals surface area (Å²) in [7, 11) is 0. The Labute approximate surface area is 228 Å². The van der Waals surface area contributed by atoms with Crippen LogP contribution in [0.2, 0.25) is 0 Å². The summed E-state index contributed by atoms with van der Waals surface area (Å²) in [5.41, 5.74) is -0.347. The van der Waals surface area contributed by atoms with Crippen LogP contribution in [0, 0.1) is 17.0 Å². The van der Waals surface area contributed by atoms with Gasteiger partial charge >= 0.3 is 23.3 Å². The van der Waals surface area contributed by atoms with Crippen LogP contribution in [-0.2, 0) is 35.5 Å². The van der Waals surface area contributed by atoms with E-state index in [4.69, 9.17) is 9.90 Å². The second-order valence-electron chi connectivity index (χ2n) is 9.90. The van der Waals surface area contributed by atoms with E-state index in [0.29, 0.717) is 56.0 Å². The summed E-state index contributed by atoms with van der Waals surface area (Å²) in [6.07, 6.45) is -1.96. The number of amides is 1. The van der Waals surface area contributed by atoms with E-state index >= 15 is 0 Å². The standard InChI is InChI=1S/C24H23F2N5O3.C2HF3O2/c25-17-3-1-16(2-4-17)14-31-23(34)22(33)30-15-24(12-20(30)28-31)7-9-29(10-8-24)21(32)11-19-6-5-18(26)13-27-19;3-2(4,5)1(6)7/h1-6,13H,7-12,14-15H2;(H,6,7). The lowest BCUT2D eigenvalue weighted by atomic mass is 9.77. The number of carboxylic acid groups (broad SMARTS) is 1. The Morgan fingerprint density at radius 3 is 2.12 bits per heavy atom. The molecule has 2 aromatic heterocycles. The normalized spacial score (nSPS) is 15.7. The van der Waals surface area contributed by atoms with Crippen LogP contribution >= 0.6 is 0 Å². The zero-order valence-electron chi connectivity index (χ0n) is 21.4. The first-order valence-corrected chi connectivity index (χ1v) is 12.4. The first-order valence-electron chi connectivity index (χ1n) is 12.4. The molecule has 15 heteroatoms. The van der Waals surface area contributed by atoms with Gasteiger partial charge in [-0.25, -0.2) is 18.3 Å². The monoisotopic (exact) mass is 581 g/mol. The molecule has 5 rings (SSSR count). The minimum Gasteiger partial charge on any atom is -0.475 e. The molecular weight excluding hydrogens is 557 g/mol. The molecule has 41 heavy (non-hydrogen) atoms. The van der Waals surface area contributed by atoms with E-state index in [9.17, 15) is 36.3 Å². The Hall–Kier alpha value is -4.43. The van der Waals surface area contributed by atoms with Crippen molar-refractivity contribution in [2.24, 2.45) is 5.41 Å². The van der Waals surface area contributed by atoms with Gasteiger partial charge in [0.25, 0.3) is 0 Å². The summed E-state index contributed by atoms with van der Waals surface area (Å²) >= 11 is 0. The molecule has 0 radical (unpaired) electrons. The molecule has 218 valence electrons. The molecule has 3 aromatic rings. The third-order valence-electron chi connectivity index (χ3n) is 7.02. The van der Waals surface area contributed by atoms with Crippen molar-refractivity contribution >= 4 is 11.9 Å². The van der Waals surface area contributed by atoms with Gasteiger partial charge in [0.05, 0.1) is 19.2 Å². The molecule has 0 aliphatic carbocycles. The number of likely N-dealkylation sites (tertiary alicyclic amines) is 1. The molecule has 0 atom stereocenters. The van der Waals surface area contributed by atoms with E-state index in [1.54, 1.807) is 17.0 Å². The van der Waals surface area contributed by atoms with Gasteiger partial charge in [0.15, 0.2) is 0 Å². The number of rotatable bonds is 4. The van der Waals surface area contributed by atoms with Gasteiger partial charge in [0.1, 0.15) is 17.5 Å². The summed E-state index contributed by atoms with van der Waals surface area (Å²) in [6, 6.07) is 8.52. The lowest BCUT2D eigenvalue weighted by molar-refractivity contribution is -0.192. The van der Waals surface area contributed by atoms with Gasteiger partial charge in [0, 0.05) is 31.7 Å². The van der Waals surface area contributed by atoms with Gasteiger partial charge in [-0.3, -0.25) is 23.9 Å². The Kier molecular flexibility index (Phi) is 8.35. The Morgan fingerprint density at radius 2 is 1.56 bits per heavy atom. The van der Waals surface area contributed by atoms with Crippen LogP contribution in [0.15, 0.2) is 52.2 Å². The van der Waals surface area contributed by atoms with Crippen molar-refractivity contribution < 1.29 is 36.6 Å². The van der Waals surface area contributed by atoms with Gasteiger partial charge in [-0.1, -0.05) is 12.1 Å². The van der Waals surface area contributed by atoms with Crippen LogP contribution in [-0.4, -0.2) is 60.5 Å². The van der Waals surface area contributed by atoms with Crippen molar-refractivity contribution in [3.8, 4) is 0 Å². The Bertz CT molecular complexity index is 1540. The fourth-order valence-electron chi connectivity index (χ4n) is 4.82. The number of carbonyl (C=O) groups excluding carboxylic acids is 1. The molecule has 2 aliphatic rings. The first-order chi connectivity index (χ1) is 19.3. The molecule has 10 nitrogen and oxygen atoms in total. The number of hydrogen-bond donors (Lipinski definition) is 1. The molecule has 1 amide bonds. The van der Waals surface area contributed by atoms with Gasteiger partial charge < -0.3 is 10.0 Å². The second-order valence-corrected chi connectivity index (χ2v) is 9.90. The van der Waals surface area contributed by atoms with Crippen molar-refractivity contribution in [2.45, 2.75) is 44.9 Å². The van der Waals surface area contributed by atoms with Crippen molar-refractivity contribution in [2.75, 3.05) is 13.1 Å². The number of carbonyl (C=O) groups is 2. The maximum atomic E-state index is 13.2. The SMILES string of the molecule is O=C(Cc1ccc(F)cn1)N1CCC2(CC1)Cc1nn(Cc3ccc(F)cc3)c(=O)c(=O)n1C2.O=C(O)C(F)(F)F. The minimum absolute atomic E-state index is 0.0706. The highest BCUT2D eigenvalue weighted by Gasteiger charge is 2.43. The van der Waals surface area contributed by atoms with E-state index < -0.39 is 29.1 Å². The van der Waals surface area contributed by atoms with Gasteiger partial charge in [-0.05, 0) is 48.1 Å². The van der Waals surface area contributed by atoms with Crippen LogP contribution in [0.25, 0.3) is 0 Å². The van der Waals surface area contributed by atoms with Crippen molar-refractivity contribution in [3.05, 3.63) is 92.0 Å². The predicted octanol–water partition coefficient (Wildman–Crippen LogP) is 2.17. The number of hydrogen-bond acceptors (Lipinski definition) is 6. The molecule has 4 heterocycles. The highest BCUT2D eigenvalue weighted by atomic mass is 19.4. The number of piperidine rings is 1. The summed E-state index contributed by atoms with van der Waals surface area (Å²) in [6.45, 7) is 1.56. The maximum absolute atomic E-state index is 13.2. The van der Waals surface area contributed by atoms with Crippen LogP contribution < -0.4 is 11.1 Å². The number of carboxylic acids is 1. The number of alkyl halides is 3. The molecule has 0 saturated carbocycles. The third-order valence-corrected chi connectivity index (χ3v) is 7.02. The molecule has 1 aromatic carbocycles. The van der Waals surface area contributed by atoms with Crippen LogP contribution in [0.4, 0.5) is 22.0 Å². The summed E-state index contributed by atoms with van der Waals surface area (Å²) < 4.78 is 60.6. The molecule has 2 aliphatic heterocycles. The molecule has 0 bridgehead atoms. The third kappa shape index (κ3) is 7.02. The number of benzene rings is 1. The number of pyridine rings is 1. The fraction of sp³-hybridized carbons (Fsp3) is 0.385. The quantitative estimate of drug-likeness (QED) is 0.370. The zero-order valence-corrected chi connectivity index (χ0v) is 21.4. The number of fused-ring (bicyclic) bond motifs is 1. The fourth-order valence-corrected chi connectivity index (χ4v) is 4.82. The van der Waals surface area contributed by atoms with E-state index in [-0.39, 0.29) is 30.1 Å². The number of aromatic nitrogens is 4. The highest BCUT2D eigenvalue weighted by Crippen LogP contribution is 2.40. The zero-order chi connectivity index (χ0) is 29.9. The summed E-state index contributed by atoms with van der Waals surface area (Å²) in [5, 5.41) is 11.6. The van der Waals surface area contributed by atoms with Crippen LogP contribution in [0.3, 0.4) is 0 Å². The Balaban J connectivity index is 0.000000493. The van der Waals surface area contributed by atoms with Crippen LogP contribution in [0.1, 0.15) is 29.9 Å². The Morgan fingerprint density at radius 1 is 0.951 bits per heavy atom. The average molecular weight is 581 g/mol. The lowest BCUT2D eigenvalue weighted by Crippen LogP contribution is -2.46. The molecule has 1 N–H and O–H groups in total. The van der Waals surface area contributed by atoms with E-state index in [1.807, 2.05) is 0 Å². The van der Waals surface area contributed by atoms with Gasteiger partial charge in [0.2, 0.25) is 5.91 Å². The first kappa shape index (κ1) is 29.6. The molecule has 1 spiro atoms. The average Bonchev–Trinajstić information content (AvgIpc) is 3.27. The molecule has 1 saturated heterocycles. The minimum atomic E-state index is -5.08. The number of halogens is 5. The maximum Gasteiger partial charge on any atom is 0.490 e. The number of nitrogens with zero attached hydrogens (tertiary/aromatic N) is 5. The van der Waals surface area contributed by atoms with Gasteiger partial charge in [-0.2, -0.15) is 18.3 Å². The summed E-state index contributed by atoms with van der Waals surface area (Å²) in [4.78, 5) is 52.7. The second kappa shape index (κ2) is 11.6. The smallest absolute Gasteiger partial charge is 0.475 e. The van der Waals surface area contributed by atoms with E-state index in [2.05, 4.69) is 10.1 Å². The lowest BCUT2D eigenvalue weighted by Gasteiger charge is -2.38. The predicted molar refractivity (Wildman–Crippen MR) is 132 cm³/mol. The topological polar surface area (TPSA) is 127 Å². The van der Waals surface area contributed by atoms with E-state index in [1.165, 1.54) is 28.8 Å². The molecule has 1 fully saturated rings. The molecular formula is C26H24F5N5O5. The highest BCUT2D eigenvalue weighted by molar-refractivity contribution is 5.78. The van der Waals surface area contributed by atoms with Crippen molar-refractivity contribution in [1.82, 2.24) is 24.2 Å². The van der Waals surface area contributed by atoms with Crippen molar-refractivity contribution in [3.63, 3.8) is 0 Å². The number of aliphatic carboxylic acids is 1. The van der Waals surface area contributed by atoms with Crippen LogP contribution in [0.5, 0.6) is 0 Å². The molecule has 0 unspecified atom stereocenters. The van der Waals surface area contributed by atoms with Gasteiger partial charge in [-0.15, -0.1) is 0 Å². The van der Waals surface area contributed by atoms with Crippen molar-refractivity contribution in [1.29, 1.82) is 0 Å².